The van der Waals surface area contributed by atoms with Crippen molar-refractivity contribution in [2.24, 2.45) is 0 Å². The molecule has 2 rings (SSSR count). The van der Waals surface area contributed by atoms with Gasteiger partial charge >= 0.3 is 0 Å². The molecule has 20 heavy (non-hydrogen) atoms. The van der Waals surface area contributed by atoms with E-state index in [1.165, 1.54) is 24.1 Å². The Hall–Kier alpha value is -0.580. The van der Waals surface area contributed by atoms with Gasteiger partial charge in [0.15, 0.2) is 0 Å². The van der Waals surface area contributed by atoms with Crippen LogP contribution in [0.2, 0.25) is 0 Å². The Labute approximate surface area is 129 Å². The van der Waals surface area contributed by atoms with Crippen molar-refractivity contribution in [3.8, 4) is 0 Å². The molecule has 1 unspecified atom stereocenters. The predicted molar refractivity (Wildman–Crippen MR) is 86.6 cm³/mol. The third kappa shape index (κ3) is 4.21. The minimum atomic E-state index is 0. The number of rotatable bonds is 5. The highest BCUT2D eigenvalue weighted by Crippen LogP contribution is 2.17. The van der Waals surface area contributed by atoms with Crippen LogP contribution in [-0.4, -0.2) is 40.4 Å². The first-order valence-electron chi connectivity index (χ1n) is 7.61. The molecule has 2 heterocycles. The second kappa shape index (κ2) is 8.01. The van der Waals surface area contributed by atoms with E-state index in [0.29, 0.717) is 12.1 Å². The van der Waals surface area contributed by atoms with Crippen LogP contribution in [0.4, 0.5) is 0 Å². The van der Waals surface area contributed by atoms with E-state index in [0.717, 1.165) is 26.2 Å². The van der Waals surface area contributed by atoms with Gasteiger partial charge in [0.05, 0.1) is 5.69 Å². The van der Waals surface area contributed by atoms with Gasteiger partial charge in [-0.25, -0.2) is 0 Å². The Morgan fingerprint density at radius 2 is 2.20 bits per heavy atom. The molecule has 0 aromatic carbocycles. The van der Waals surface area contributed by atoms with E-state index >= 15 is 0 Å². The van der Waals surface area contributed by atoms with Crippen molar-refractivity contribution in [1.82, 2.24) is 20.0 Å². The van der Waals surface area contributed by atoms with Crippen molar-refractivity contribution >= 4 is 12.4 Å². The van der Waals surface area contributed by atoms with Crippen molar-refractivity contribution < 1.29 is 0 Å². The number of hydrogen-bond acceptors (Lipinski definition) is 3. The van der Waals surface area contributed by atoms with Crippen LogP contribution in [0.5, 0.6) is 0 Å². The maximum absolute atomic E-state index is 4.62. The van der Waals surface area contributed by atoms with Gasteiger partial charge in [0.1, 0.15) is 0 Å². The third-order valence-electron chi connectivity index (χ3n) is 4.01. The van der Waals surface area contributed by atoms with E-state index < -0.39 is 0 Å². The Bertz CT molecular complexity index is 401. The second-order valence-corrected chi connectivity index (χ2v) is 5.93. The maximum atomic E-state index is 4.62. The molecule has 1 N–H and O–H groups in total. The van der Waals surface area contributed by atoms with E-state index in [1.54, 1.807) is 0 Å². The van der Waals surface area contributed by atoms with Crippen molar-refractivity contribution in [2.45, 2.75) is 59.2 Å². The molecule has 1 aliphatic rings. The summed E-state index contributed by atoms with van der Waals surface area (Å²) in [6.07, 6.45) is 4.77. The third-order valence-corrected chi connectivity index (χ3v) is 4.01. The van der Waals surface area contributed by atoms with E-state index in [2.05, 4.69) is 53.9 Å². The fourth-order valence-electron chi connectivity index (χ4n) is 2.79. The van der Waals surface area contributed by atoms with Gasteiger partial charge in [-0.3, -0.25) is 9.58 Å². The molecule has 0 bridgehead atoms. The van der Waals surface area contributed by atoms with Gasteiger partial charge in [-0.1, -0.05) is 13.3 Å². The maximum Gasteiger partial charge on any atom is 0.0638 e. The molecule has 5 heteroatoms. The van der Waals surface area contributed by atoms with E-state index in [-0.39, 0.29) is 12.4 Å². The van der Waals surface area contributed by atoms with E-state index in [1.807, 2.05) is 0 Å². The average molecular weight is 301 g/mol. The lowest BCUT2D eigenvalue weighted by molar-refractivity contribution is 0.144. The first-order valence-corrected chi connectivity index (χ1v) is 7.61. The number of aryl methyl sites for hydroxylation is 1. The summed E-state index contributed by atoms with van der Waals surface area (Å²) < 4.78 is 2.09. The molecule has 1 fully saturated rings. The fourth-order valence-corrected chi connectivity index (χ4v) is 2.79. The zero-order valence-electron chi connectivity index (χ0n) is 13.2. The summed E-state index contributed by atoms with van der Waals surface area (Å²) in [7, 11) is 0. The molecular weight excluding hydrogens is 272 g/mol. The lowest BCUT2D eigenvalue weighted by atomic mass is 10.1. The number of nitrogens with one attached hydrogen (secondary N) is 1. The van der Waals surface area contributed by atoms with Crippen molar-refractivity contribution in [2.75, 3.05) is 19.6 Å². The average Bonchev–Trinajstić information content (AvgIpc) is 2.74. The smallest absolute Gasteiger partial charge is 0.0638 e. The largest absolute Gasteiger partial charge is 0.314 e. The summed E-state index contributed by atoms with van der Waals surface area (Å²) in [4.78, 5) is 2.62. The molecule has 0 amide bonds. The molecule has 1 saturated heterocycles. The second-order valence-electron chi connectivity index (χ2n) is 5.93. The minimum absolute atomic E-state index is 0. The molecular formula is C15H29ClN4. The van der Waals surface area contributed by atoms with Crippen LogP contribution in [0, 0.1) is 6.92 Å². The van der Waals surface area contributed by atoms with Crippen LogP contribution >= 0.6 is 12.4 Å². The highest BCUT2D eigenvalue weighted by Gasteiger charge is 2.22. The van der Waals surface area contributed by atoms with Gasteiger partial charge in [0.2, 0.25) is 0 Å². The van der Waals surface area contributed by atoms with Crippen LogP contribution in [-0.2, 0) is 6.54 Å². The first-order chi connectivity index (χ1) is 9.11. The number of halogens is 1. The Kier molecular flexibility index (Phi) is 7.00. The van der Waals surface area contributed by atoms with E-state index in [4.69, 9.17) is 0 Å². The normalized spacial score (nSPS) is 20.1. The summed E-state index contributed by atoms with van der Waals surface area (Å²) in [5, 5.41) is 8.13. The van der Waals surface area contributed by atoms with E-state index in [9.17, 15) is 0 Å². The number of piperazine rings is 1. The van der Waals surface area contributed by atoms with Crippen LogP contribution in [0.15, 0.2) is 6.20 Å². The predicted octanol–water partition coefficient (Wildman–Crippen LogP) is 2.77. The van der Waals surface area contributed by atoms with Gasteiger partial charge in [-0.05, 0) is 27.2 Å². The van der Waals surface area contributed by atoms with Crippen LogP contribution in [0.1, 0.15) is 50.9 Å². The molecule has 1 aromatic heterocycles. The number of nitrogens with zero attached hydrogens (tertiary/aromatic N) is 3. The monoisotopic (exact) mass is 300 g/mol. The van der Waals surface area contributed by atoms with Gasteiger partial charge in [-0.15, -0.1) is 12.4 Å². The standard InChI is InChI=1S/C15H28N4.ClH/c1-5-6-15-9-16-7-8-18(15)10-14-11-19(12(2)3)17-13(14)4;/h11-12,15-16H,5-10H2,1-4H3;1H. The SMILES string of the molecule is CCCC1CNCCN1Cc1cn(C(C)C)nc1C.Cl. The molecule has 4 nitrogen and oxygen atoms in total. The zero-order valence-corrected chi connectivity index (χ0v) is 14.0. The quantitative estimate of drug-likeness (QED) is 0.908. The topological polar surface area (TPSA) is 33.1 Å². The zero-order chi connectivity index (χ0) is 13.8. The van der Waals surface area contributed by atoms with Gasteiger partial charge in [-0.2, -0.15) is 5.10 Å². The molecule has 1 aromatic rings. The molecule has 0 spiro atoms. The van der Waals surface area contributed by atoms with Crippen LogP contribution < -0.4 is 5.32 Å². The summed E-state index contributed by atoms with van der Waals surface area (Å²) in [6, 6.07) is 1.13. The lowest BCUT2D eigenvalue weighted by Crippen LogP contribution is -2.50. The van der Waals surface area contributed by atoms with Crippen LogP contribution in [0.25, 0.3) is 0 Å². The summed E-state index contributed by atoms with van der Waals surface area (Å²) in [6.45, 7) is 13.2. The Balaban J connectivity index is 0.00000200. The number of hydrogen-bond donors (Lipinski definition) is 1. The summed E-state index contributed by atoms with van der Waals surface area (Å²) in [5.74, 6) is 0. The molecule has 0 radical (unpaired) electrons. The molecule has 0 saturated carbocycles. The Morgan fingerprint density at radius 1 is 1.45 bits per heavy atom. The number of aromatic nitrogens is 2. The molecule has 1 aliphatic heterocycles. The Morgan fingerprint density at radius 3 is 2.80 bits per heavy atom. The highest BCUT2D eigenvalue weighted by atomic mass is 35.5. The molecule has 1 atom stereocenters. The van der Waals surface area contributed by atoms with Crippen molar-refractivity contribution in [1.29, 1.82) is 0 Å². The van der Waals surface area contributed by atoms with Gasteiger partial charge in [0.25, 0.3) is 0 Å². The molecule has 116 valence electrons. The van der Waals surface area contributed by atoms with Crippen molar-refractivity contribution in [3.05, 3.63) is 17.5 Å². The van der Waals surface area contributed by atoms with Gasteiger partial charge in [0, 0.05) is 50.0 Å². The summed E-state index contributed by atoms with van der Waals surface area (Å²) in [5.41, 5.74) is 2.57. The fraction of sp³-hybridized carbons (Fsp3) is 0.800. The lowest BCUT2D eigenvalue weighted by Gasteiger charge is -2.36. The highest BCUT2D eigenvalue weighted by molar-refractivity contribution is 5.85. The summed E-state index contributed by atoms with van der Waals surface area (Å²) >= 11 is 0. The van der Waals surface area contributed by atoms with Gasteiger partial charge < -0.3 is 5.32 Å². The first kappa shape index (κ1) is 17.5. The van der Waals surface area contributed by atoms with Crippen molar-refractivity contribution in [3.63, 3.8) is 0 Å². The van der Waals surface area contributed by atoms with Crippen LogP contribution in [0.3, 0.4) is 0 Å². The molecule has 0 aliphatic carbocycles. The minimum Gasteiger partial charge on any atom is -0.314 e.